The minimum Gasteiger partial charge on any atom is -0.320 e. The van der Waals surface area contributed by atoms with Gasteiger partial charge in [0.2, 0.25) is 0 Å². The van der Waals surface area contributed by atoms with Crippen LogP contribution in [0.4, 0.5) is 0 Å². The number of aromatic nitrogens is 2. The van der Waals surface area contributed by atoms with E-state index in [9.17, 15) is 4.79 Å². The molecule has 0 fully saturated rings. The van der Waals surface area contributed by atoms with E-state index in [4.69, 9.17) is 5.73 Å². The van der Waals surface area contributed by atoms with Crippen LogP contribution in [0.3, 0.4) is 0 Å². The molecule has 4 nitrogen and oxygen atoms in total. The molecule has 98 valence electrons. The zero-order valence-electron chi connectivity index (χ0n) is 10.2. The SMILES string of the molecule is Cc1cc(C(N)c2ccc3[nH]c(=O)[nH]c3c2)sc1Br. The van der Waals surface area contributed by atoms with E-state index in [0.717, 1.165) is 25.3 Å². The number of aromatic amines is 2. The Morgan fingerprint density at radius 3 is 2.68 bits per heavy atom. The fourth-order valence-corrected chi connectivity index (χ4v) is 3.65. The second kappa shape index (κ2) is 4.63. The molecular formula is C13H12BrN3OS. The zero-order valence-corrected chi connectivity index (χ0v) is 12.6. The number of halogens is 1. The predicted octanol–water partition coefficient (Wildman–Crippen LogP) is 3.04. The quantitative estimate of drug-likeness (QED) is 0.672. The van der Waals surface area contributed by atoms with E-state index in [0.29, 0.717) is 0 Å². The summed E-state index contributed by atoms with van der Waals surface area (Å²) in [6.45, 7) is 2.05. The third-order valence-corrected chi connectivity index (χ3v) is 5.30. The van der Waals surface area contributed by atoms with Crippen molar-refractivity contribution in [1.29, 1.82) is 0 Å². The van der Waals surface area contributed by atoms with Gasteiger partial charge in [-0.3, -0.25) is 0 Å². The van der Waals surface area contributed by atoms with Gasteiger partial charge in [0.1, 0.15) is 0 Å². The molecule has 4 N–H and O–H groups in total. The molecule has 0 aliphatic carbocycles. The summed E-state index contributed by atoms with van der Waals surface area (Å²) < 4.78 is 1.11. The topological polar surface area (TPSA) is 74.7 Å². The highest BCUT2D eigenvalue weighted by Gasteiger charge is 2.14. The first-order chi connectivity index (χ1) is 9.04. The Hall–Kier alpha value is -1.37. The molecule has 0 saturated carbocycles. The van der Waals surface area contributed by atoms with Gasteiger partial charge in [-0.05, 0) is 52.2 Å². The maximum absolute atomic E-state index is 11.2. The van der Waals surface area contributed by atoms with Gasteiger partial charge in [0, 0.05) is 4.88 Å². The molecule has 1 aromatic carbocycles. The minimum absolute atomic E-state index is 0.183. The molecule has 1 unspecified atom stereocenters. The maximum Gasteiger partial charge on any atom is 0.323 e. The van der Waals surface area contributed by atoms with Crippen LogP contribution in [0.5, 0.6) is 0 Å². The molecule has 2 aromatic heterocycles. The molecular weight excluding hydrogens is 326 g/mol. The zero-order chi connectivity index (χ0) is 13.6. The van der Waals surface area contributed by atoms with Crippen LogP contribution in [0.25, 0.3) is 11.0 Å². The maximum atomic E-state index is 11.2. The predicted molar refractivity (Wildman–Crippen MR) is 81.7 cm³/mol. The van der Waals surface area contributed by atoms with Gasteiger partial charge in [-0.2, -0.15) is 0 Å². The third-order valence-electron chi connectivity index (χ3n) is 3.08. The van der Waals surface area contributed by atoms with Gasteiger partial charge in [0.15, 0.2) is 0 Å². The standard InChI is InChI=1S/C13H12BrN3OS/c1-6-4-10(19-12(6)14)11(15)7-2-3-8-9(5-7)17-13(18)16-8/h2-5,11H,15H2,1H3,(H2,16,17,18). The van der Waals surface area contributed by atoms with E-state index >= 15 is 0 Å². The lowest BCUT2D eigenvalue weighted by Crippen LogP contribution is -2.09. The Kier molecular flexibility index (Phi) is 3.08. The smallest absolute Gasteiger partial charge is 0.320 e. The fraction of sp³-hybridized carbons (Fsp3) is 0.154. The Morgan fingerprint density at radius 2 is 2.00 bits per heavy atom. The molecule has 0 aliphatic heterocycles. The average Bonchev–Trinajstić information content (AvgIpc) is 2.90. The lowest BCUT2D eigenvalue weighted by molar-refractivity contribution is 0.894. The number of hydrogen-bond acceptors (Lipinski definition) is 3. The van der Waals surface area contributed by atoms with Crippen molar-refractivity contribution in [1.82, 2.24) is 9.97 Å². The number of fused-ring (bicyclic) bond motifs is 1. The molecule has 3 rings (SSSR count). The van der Waals surface area contributed by atoms with E-state index in [-0.39, 0.29) is 11.7 Å². The van der Waals surface area contributed by atoms with Crippen LogP contribution in [0, 0.1) is 6.92 Å². The van der Waals surface area contributed by atoms with Gasteiger partial charge < -0.3 is 15.7 Å². The highest BCUT2D eigenvalue weighted by Crippen LogP contribution is 2.33. The summed E-state index contributed by atoms with van der Waals surface area (Å²) in [6, 6.07) is 7.64. The number of nitrogens with two attached hydrogens (primary N) is 1. The van der Waals surface area contributed by atoms with Gasteiger partial charge in [0.25, 0.3) is 0 Å². The van der Waals surface area contributed by atoms with Crippen LogP contribution in [-0.4, -0.2) is 9.97 Å². The first-order valence-electron chi connectivity index (χ1n) is 5.78. The normalized spacial score (nSPS) is 13.0. The summed E-state index contributed by atoms with van der Waals surface area (Å²) in [7, 11) is 0. The van der Waals surface area contributed by atoms with Crippen LogP contribution in [-0.2, 0) is 0 Å². The molecule has 0 aliphatic rings. The fourth-order valence-electron chi connectivity index (χ4n) is 2.04. The van der Waals surface area contributed by atoms with Gasteiger partial charge in [-0.15, -0.1) is 11.3 Å². The Balaban J connectivity index is 2.05. The van der Waals surface area contributed by atoms with Crippen LogP contribution in [0.2, 0.25) is 0 Å². The van der Waals surface area contributed by atoms with E-state index in [1.165, 1.54) is 5.56 Å². The van der Waals surface area contributed by atoms with Crippen LogP contribution < -0.4 is 11.4 Å². The highest BCUT2D eigenvalue weighted by atomic mass is 79.9. The van der Waals surface area contributed by atoms with E-state index < -0.39 is 0 Å². The number of hydrogen-bond donors (Lipinski definition) is 3. The second-order valence-corrected chi connectivity index (χ2v) is 6.87. The number of nitrogens with one attached hydrogen (secondary N) is 2. The van der Waals surface area contributed by atoms with Crippen LogP contribution in [0.15, 0.2) is 32.8 Å². The van der Waals surface area contributed by atoms with Crippen molar-refractivity contribution in [3.8, 4) is 0 Å². The molecule has 3 aromatic rings. The first kappa shape index (κ1) is 12.7. The number of rotatable bonds is 2. The van der Waals surface area contributed by atoms with Gasteiger partial charge in [-0.25, -0.2) is 4.79 Å². The molecule has 1 atom stereocenters. The van der Waals surface area contributed by atoms with Gasteiger partial charge in [0.05, 0.1) is 20.9 Å². The van der Waals surface area contributed by atoms with Crippen molar-refractivity contribution in [3.05, 3.63) is 54.5 Å². The summed E-state index contributed by atoms with van der Waals surface area (Å²) in [5, 5.41) is 0. The van der Waals surface area contributed by atoms with Crippen molar-refractivity contribution in [2.24, 2.45) is 5.73 Å². The summed E-state index contributed by atoms with van der Waals surface area (Å²) >= 11 is 5.15. The largest absolute Gasteiger partial charge is 0.323 e. The van der Waals surface area contributed by atoms with Crippen molar-refractivity contribution < 1.29 is 0 Å². The average molecular weight is 338 g/mol. The summed E-state index contributed by atoms with van der Waals surface area (Å²) in [4.78, 5) is 17.8. The Bertz CT molecular complexity index is 782. The summed E-state index contributed by atoms with van der Waals surface area (Å²) in [6.07, 6.45) is 0. The van der Waals surface area contributed by atoms with Crippen molar-refractivity contribution >= 4 is 38.3 Å². The number of aryl methyl sites for hydroxylation is 1. The number of imidazole rings is 1. The van der Waals surface area contributed by atoms with Crippen molar-refractivity contribution in [3.63, 3.8) is 0 Å². The number of H-pyrrole nitrogens is 2. The van der Waals surface area contributed by atoms with E-state index in [1.807, 2.05) is 25.1 Å². The van der Waals surface area contributed by atoms with E-state index in [1.54, 1.807) is 11.3 Å². The monoisotopic (exact) mass is 337 g/mol. The first-order valence-corrected chi connectivity index (χ1v) is 7.39. The second-order valence-electron chi connectivity index (χ2n) is 4.47. The molecule has 6 heteroatoms. The molecule has 0 amide bonds. The summed E-state index contributed by atoms with van der Waals surface area (Å²) in [5.74, 6) is 0. The number of thiophene rings is 1. The molecule has 0 bridgehead atoms. The molecule has 19 heavy (non-hydrogen) atoms. The highest BCUT2D eigenvalue weighted by molar-refractivity contribution is 9.11. The van der Waals surface area contributed by atoms with Crippen molar-refractivity contribution in [2.75, 3.05) is 0 Å². The Morgan fingerprint density at radius 1 is 1.26 bits per heavy atom. The summed E-state index contributed by atoms with van der Waals surface area (Å²) in [5.41, 5.74) is 9.83. The number of benzene rings is 1. The molecule has 0 radical (unpaired) electrons. The van der Waals surface area contributed by atoms with Crippen LogP contribution >= 0.6 is 27.3 Å². The molecule has 0 spiro atoms. The lowest BCUT2D eigenvalue weighted by Gasteiger charge is -2.09. The van der Waals surface area contributed by atoms with Crippen LogP contribution in [0.1, 0.15) is 22.0 Å². The van der Waals surface area contributed by atoms with E-state index in [2.05, 4.69) is 32.0 Å². The lowest BCUT2D eigenvalue weighted by atomic mass is 10.1. The minimum atomic E-state index is -0.199. The third kappa shape index (κ3) is 2.27. The molecule has 0 saturated heterocycles. The Labute approximate surface area is 121 Å². The van der Waals surface area contributed by atoms with Gasteiger partial charge in [-0.1, -0.05) is 6.07 Å². The molecule has 2 heterocycles. The van der Waals surface area contributed by atoms with Gasteiger partial charge >= 0.3 is 5.69 Å². The van der Waals surface area contributed by atoms with Crippen molar-refractivity contribution in [2.45, 2.75) is 13.0 Å².